The van der Waals surface area contributed by atoms with Crippen LogP contribution in [-0.4, -0.2) is 6.61 Å². The third kappa shape index (κ3) is 8.69. The van der Waals surface area contributed by atoms with Crippen molar-refractivity contribution in [2.45, 2.75) is 72.1 Å². The number of unbranched alkanes of at least 4 members (excludes halogenated alkanes) is 5. The fraction of sp³-hybridized carbons (Fsp3) is 0.520. The average Bonchev–Trinajstić information content (AvgIpc) is 2.74. The summed E-state index contributed by atoms with van der Waals surface area (Å²) >= 11 is 0. The van der Waals surface area contributed by atoms with E-state index in [0.29, 0.717) is 5.92 Å². The standard InChI is InChI=1S/C25H36N2O/c1-4-6-7-8-9-10-11-22-12-14-23(15-13-22)26-27-24-16-18-25(19-17-24)28-20-21(3)5-2/h12-19,21H,4-11,20H2,1-3H3/t21-/m0/s1. The first-order chi connectivity index (χ1) is 13.7. The van der Waals surface area contributed by atoms with Crippen molar-refractivity contribution >= 4 is 11.4 Å². The molecular formula is C25H36N2O. The monoisotopic (exact) mass is 380 g/mol. The van der Waals surface area contributed by atoms with Gasteiger partial charge in [0.25, 0.3) is 0 Å². The minimum absolute atomic E-state index is 0.573. The molecule has 0 aliphatic carbocycles. The number of azo groups is 1. The van der Waals surface area contributed by atoms with E-state index < -0.39 is 0 Å². The van der Waals surface area contributed by atoms with E-state index in [4.69, 9.17) is 4.74 Å². The second kappa shape index (κ2) is 13.1. The van der Waals surface area contributed by atoms with E-state index in [1.54, 1.807) is 0 Å². The second-order valence-corrected chi connectivity index (χ2v) is 7.70. The van der Waals surface area contributed by atoms with Crippen LogP contribution in [0.15, 0.2) is 58.8 Å². The molecule has 0 aromatic heterocycles. The lowest BCUT2D eigenvalue weighted by Crippen LogP contribution is -2.06. The van der Waals surface area contributed by atoms with Gasteiger partial charge in [0.1, 0.15) is 5.75 Å². The Morgan fingerprint density at radius 1 is 0.750 bits per heavy atom. The molecular weight excluding hydrogens is 344 g/mol. The SMILES string of the molecule is CCCCCCCCc1ccc(N=Nc2ccc(OC[C@@H](C)CC)cc2)cc1. The summed E-state index contributed by atoms with van der Waals surface area (Å²) in [5, 5.41) is 8.68. The van der Waals surface area contributed by atoms with Gasteiger partial charge in [-0.05, 0) is 60.7 Å². The quantitative estimate of drug-likeness (QED) is 0.253. The van der Waals surface area contributed by atoms with E-state index in [1.165, 1.54) is 44.1 Å². The largest absolute Gasteiger partial charge is 0.493 e. The van der Waals surface area contributed by atoms with Gasteiger partial charge in [0, 0.05) is 0 Å². The van der Waals surface area contributed by atoms with E-state index in [-0.39, 0.29) is 0 Å². The number of benzene rings is 2. The lowest BCUT2D eigenvalue weighted by Gasteiger charge is -2.10. The predicted octanol–water partition coefficient (Wildman–Crippen LogP) is 8.43. The van der Waals surface area contributed by atoms with Gasteiger partial charge in [-0.1, -0.05) is 71.4 Å². The van der Waals surface area contributed by atoms with Crippen molar-refractivity contribution in [2.75, 3.05) is 6.61 Å². The van der Waals surface area contributed by atoms with Gasteiger partial charge in [0.2, 0.25) is 0 Å². The maximum atomic E-state index is 5.78. The Morgan fingerprint density at radius 3 is 1.93 bits per heavy atom. The van der Waals surface area contributed by atoms with Gasteiger partial charge >= 0.3 is 0 Å². The Kier molecular flexibility index (Phi) is 10.3. The first kappa shape index (κ1) is 22.1. The van der Waals surface area contributed by atoms with Crippen molar-refractivity contribution in [3.8, 4) is 5.75 Å². The zero-order valence-electron chi connectivity index (χ0n) is 17.9. The number of ether oxygens (including phenoxy) is 1. The molecule has 0 radical (unpaired) electrons. The zero-order chi connectivity index (χ0) is 20.0. The van der Waals surface area contributed by atoms with Gasteiger partial charge in [-0.15, -0.1) is 0 Å². The van der Waals surface area contributed by atoms with E-state index in [2.05, 4.69) is 55.3 Å². The van der Waals surface area contributed by atoms with Crippen LogP contribution in [0.5, 0.6) is 5.75 Å². The molecule has 3 heteroatoms. The molecule has 0 aliphatic rings. The molecule has 0 amide bonds. The van der Waals surface area contributed by atoms with E-state index >= 15 is 0 Å². The lowest BCUT2D eigenvalue weighted by molar-refractivity contribution is 0.256. The van der Waals surface area contributed by atoms with Crippen LogP contribution in [0.4, 0.5) is 11.4 Å². The van der Waals surface area contributed by atoms with Crippen molar-refractivity contribution in [1.29, 1.82) is 0 Å². The fourth-order valence-corrected chi connectivity index (χ4v) is 2.92. The molecule has 3 nitrogen and oxygen atoms in total. The molecule has 2 aromatic carbocycles. The van der Waals surface area contributed by atoms with Crippen molar-refractivity contribution in [2.24, 2.45) is 16.1 Å². The highest BCUT2D eigenvalue weighted by atomic mass is 16.5. The van der Waals surface area contributed by atoms with Gasteiger partial charge in [-0.25, -0.2) is 0 Å². The molecule has 0 bridgehead atoms. The normalized spacial score (nSPS) is 12.4. The molecule has 0 heterocycles. The van der Waals surface area contributed by atoms with E-state index in [0.717, 1.165) is 36.6 Å². The maximum Gasteiger partial charge on any atom is 0.119 e. The van der Waals surface area contributed by atoms with Gasteiger partial charge in [-0.3, -0.25) is 0 Å². The first-order valence-corrected chi connectivity index (χ1v) is 10.9. The molecule has 28 heavy (non-hydrogen) atoms. The molecule has 2 aromatic rings. The summed E-state index contributed by atoms with van der Waals surface area (Å²) in [6, 6.07) is 16.3. The predicted molar refractivity (Wildman–Crippen MR) is 119 cm³/mol. The van der Waals surface area contributed by atoms with E-state index in [1.807, 2.05) is 24.3 Å². The molecule has 0 spiro atoms. The topological polar surface area (TPSA) is 34.0 Å². The summed E-state index contributed by atoms with van der Waals surface area (Å²) in [6.45, 7) is 7.39. The van der Waals surface area contributed by atoms with Gasteiger partial charge in [0.15, 0.2) is 0 Å². The van der Waals surface area contributed by atoms with Crippen LogP contribution in [-0.2, 0) is 6.42 Å². The highest BCUT2D eigenvalue weighted by molar-refractivity contribution is 5.43. The molecule has 0 saturated carbocycles. The number of nitrogens with zero attached hydrogens (tertiary/aromatic N) is 2. The highest BCUT2D eigenvalue weighted by Gasteiger charge is 2.01. The summed E-state index contributed by atoms with van der Waals surface area (Å²) < 4.78 is 5.78. The van der Waals surface area contributed by atoms with Gasteiger partial charge < -0.3 is 4.74 Å². The Morgan fingerprint density at radius 2 is 1.32 bits per heavy atom. The smallest absolute Gasteiger partial charge is 0.119 e. The summed E-state index contributed by atoms with van der Waals surface area (Å²) in [5.41, 5.74) is 3.12. The van der Waals surface area contributed by atoms with Crippen LogP contribution < -0.4 is 4.74 Å². The third-order valence-corrected chi connectivity index (χ3v) is 5.10. The average molecular weight is 381 g/mol. The molecule has 0 aliphatic heterocycles. The van der Waals surface area contributed by atoms with Crippen LogP contribution in [0.2, 0.25) is 0 Å². The zero-order valence-corrected chi connectivity index (χ0v) is 17.9. The van der Waals surface area contributed by atoms with Crippen molar-refractivity contribution in [3.63, 3.8) is 0 Å². The number of rotatable bonds is 13. The fourth-order valence-electron chi connectivity index (χ4n) is 2.92. The van der Waals surface area contributed by atoms with Crippen LogP contribution in [0.3, 0.4) is 0 Å². The van der Waals surface area contributed by atoms with Crippen LogP contribution in [0, 0.1) is 5.92 Å². The molecule has 2 rings (SSSR count). The lowest BCUT2D eigenvalue weighted by atomic mass is 10.0. The first-order valence-electron chi connectivity index (χ1n) is 10.9. The van der Waals surface area contributed by atoms with Crippen LogP contribution >= 0.6 is 0 Å². The summed E-state index contributed by atoms with van der Waals surface area (Å²) in [5.74, 6) is 1.46. The Balaban J connectivity index is 1.76. The van der Waals surface area contributed by atoms with Crippen molar-refractivity contribution in [1.82, 2.24) is 0 Å². The van der Waals surface area contributed by atoms with Gasteiger partial charge in [0.05, 0.1) is 18.0 Å². The van der Waals surface area contributed by atoms with Crippen molar-refractivity contribution < 1.29 is 4.74 Å². The van der Waals surface area contributed by atoms with Crippen LogP contribution in [0.1, 0.15) is 71.3 Å². The summed E-state index contributed by atoms with van der Waals surface area (Å²) in [7, 11) is 0. The summed E-state index contributed by atoms with van der Waals surface area (Å²) in [4.78, 5) is 0. The number of hydrogen-bond donors (Lipinski definition) is 0. The third-order valence-electron chi connectivity index (χ3n) is 5.10. The Hall–Kier alpha value is -2.16. The minimum atomic E-state index is 0.573. The van der Waals surface area contributed by atoms with E-state index in [9.17, 15) is 0 Å². The maximum absolute atomic E-state index is 5.78. The molecule has 152 valence electrons. The molecule has 1 atom stereocenters. The molecule has 0 fully saturated rings. The Bertz CT molecular complexity index is 677. The second-order valence-electron chi connectivity index (χ2n) is 7.70. The highest BCUT2D eigenvalue weighted by Crippen LogP contribution is 2.22. The number of hydrogen-bond acceptors (Lipinski definition) is 3. The molecule has 0 saturated heterocycles. The summed E-state index contributed by atoms with van der Waals surface area (Å²) in [6.07, 6.45) is 10.3. The van der Waals surface area contributed by atoms with Crippen LogP contribution in [0.25, 0.3) is 0 Å². The van der Waals surface area contributed by atoms with Crippen molar-refractivity contribution in [3.05, 3.63) is 54.1 Å². The number of aryl methyl sites for hydroxylation is 1. The van der Waals surface area contributed by atoms with Gasteiger partial charge in [-0.2, -0.15) is 10.2 Å². The Labute approximate surface area is 171 Å². The molecule has 0 N–H and O–H groups in total. The molecule has 0 unspecified atom stereocenters. The minimum Gasteiger partial charge on any atom is -0.493 e.